The van der Waals surface area contributed by atoms with Crippen molar-refractivity contribution in [1.82, 2.24) is 15.1 Å². The summed E-state index contributed by atoms with van der Waals surface area (Å²) in [6.45, 7) is 4.91. The number of hydrogen-bond donors (Lipinski definition) is 2. The highest BCUT2D eigenvalue weighted by Gasteiger charge is 2.52. The number of nitrogens with two attached hydrogens (primary N) is 1. The fraction of sp³-hybridized carbons (Fsp3) is 0.517. The molecule has 2 saturated heterocycles. The Balaban J connectivity index is 1.69. The number of benzene rings is 2. The predicted molar refractivity (Wildman–Crippen MR) is 141 cm³/mol. The van der Waals surface area contributed by atoms with Crippen LogP contribution in [0.3, 0.4) is 0 Å². The van der Waals surface area contributed by atoms with Crippen molar-refractivity contribution in [3.8, 4) is 0 Å². The maximum Gasteiger partial charge on any atom is 0.416 e. The number of nitrogens with one attached hydrogen (secondary N) is 1. The standard InChI is InChI=1S/C29H33F7N4O2/c1-16-11-21(30)5-6-22(16)23-15-27(8-7-26(3,38-27)24(37)41)9-10-40(23)25(42)39(4)17(2)18-12-19(28(31,32)33)14-20(13-18)29(34,35)36/h5-6,11-14,17,23,38H,7-10,15H2,1-4H3,(H2,37,41)/t17-,23?,26?,27?/m1/s1. The molecular weight excluding hydrogens is 569 g/mol. The second kappa shape index (κ2) is 10.7. The molecule has 42 heavy (non-hydrogen) atoms. The number of alkyl halides is 6. The van der Waals surface area contributed by atoms with E-state index in [1.54, 1.807) is 19.9 Å². The Morgan fingerprint density at radius 3 is 2.12 bits per heavy atom. The van der Waals surface area contributed by atoms with E-state index in [4.69, 9.17) is 5.73 Å². The number of carbonyl (C=O) groups excluding carboxylic acids is 2. The number of halogens is 7. The zero-order valence-electron chi connectivity index (χ0n) is 23.6. The van der Waals surface area contributed by atoms with Gasteiger partial charge in [0.15, 0.2) is 0 Å². The van der Waals surface area contributed by atoms with Crippen LogP contribution in [-0.2, 0) is 17.1 Å². The quantitative estimate of drug-likeness (QED) is 0.393. The minimum Gasteiger partial charge on any atom is -0.368 e. The van der Waals surface area contributed by atoms with Gasteiger partial charge in [0.2, 0.25) is 5.91 Å². The van der Waals surface area contributed by atoms with E-state index in [0.29, 0.717) is 48.9 Å². The fourth-order valence-corrected chi connectivity index (χ4v) is 6.13. The molecule has 1 spiro atoms. The zero-order valence-corrected chi connectivity index (χ0v) is 23.6. The molecule has 2 fully saturated rings. The van der Waals surface area contributed by atoms with Gasteiger partial charge in [0.1, 0.15) is 5.82 Å². The molecule has 0 aromatic heterocycles. The van der Waals surface area contributed by atoms with Crippen molar-refractivity contribution in [3.05, 3.63) is 70.0 Å². The number of carbonyl (C=O) groups is 2. The summed E-state index contributed by atoms with van der Waals surface area (Å²) < 4.78 is 94.9. The molecule has 2 aromatic rings. The molecule has 3 N–H and O–H groups in total. The van der Waals surface area contributed by atoms with E-state index in [9.17, 15) is 40.3 Å². The summed E-state index contributed by atoms with van der Waals surface area (Å²) in [5.41, 5.74) is 2.04. The number of primary amides is 1. The van der Waals surface area contributed by atoms with E-state index < -0.39 is 64.4 Å². The van der Waals surface area contributed by atoms with Crippen molar-refractivity contribution >= 4 is 11.9 Å². The van der Waals surface area contributed by atoms with Crippen molar-refractivity contribution in [2.75, 3.05) is 13.6 Å². The number of hydrogen-bond acceptors (Lipinski definition) is 3. The summed E-state index contributed by atoms with van der Waals surface area (Å²) in [7, 11) is 1.32. The third-order valence-corrected chi connectivity index (χ3v) is 8.79. The van der Waals surface area contributed by atoms with Crippen LogP contribution >= 0.6 is 0 Å². The molecule has 13 heteroatoms. The predicted octanol–water partition coefficient (Wildman–Crippen LogP) is 6.49. The Bertz CT molecular complexity index is 1350. The van der Waals surface area contributed by atoms with Gasteiger partial charge in [-0.25, -0.2) is 9.18 Å². The second-order valence-corrected chi connectivity index (χ2v) is 11.7. The van der Waals surface area contributed by atoms with Gasteiger partial charge in [-0.1, -0.05) is 6.07 Å². The van der Waals surface area contributed by atoms with E-state index in [-0.39, 0.29) is 18.2 Å². The van der Waals surface area contributed by atoms with E-state index in [2.05, 4.69) is 5.32 Å². The normalized spacial score (nSPS) is 25.5. The third kappa shape index (κ3) is 6.06. The number of piperidine rings is 1. The van der Waals surface area contributed by atoms with Gasteiger partial charge >= 0.3 is 18.4 Å². The van der Waals surface area contributed by atoms with Crippen molar-refractivity contribution < 1.29 is 40.3 Å². The van der Waals surface area contributed by atoms with Gasteiger partial charge in [0.25, 0.3) is 0 Å². The second-order valence-electron chi connectivity index (χ2n) is 11.7. The molecule has 2 aliphatic heterocycles. The number of aryl methyl sites for hydroxylation is 1. The SMILES string of the molecule is Cc1cc(F)ccc1C1CC2(CCN1C(=O)N(C)[C@H](C)c1cc(C(F)(F)F)cc(C(F)(F)F)c1)CCC(C)(C(N)=O)N2. The topological polar surface area (TPSA) is 78.7 Å². The number of likely N-dealkylation sites (tertiary alicyclic amines) is 1. The van der Waals surface area contributed by atoms with Crippen LogP contribution in [0.5, 0.6) is 0 Å². The molecule has 4 atom stereocenters. The van der Waals surface area contributed by atoms with Crippen LogP contribution in [0.25, 0.3) is 0 Å². The molecule has 0 radical (unpaired) electrons. The first-order valence-corrected chi connectivity index (χ1v) is 13.4. The smallest absolute Gasteiger partial charge is 0.368 e. The highest BCUT2D eigenvalue weighted by atomic mass is 19.4. The Morgan fingerprint density at radius 1 is 1.02 bits per heavy atom. The number of amides is 3. The zero-order chi connectivity index (χ0) is 31.4. The lowest BCUT2D eigenvalue weighted by Gasteiger charge is -2.48. The minimum absolute atomic E-state index is 0.0455. The molecule has 0 saturated carbocycles. The Morgan fingerprint density at radius 2 is 1.62 bits per heavy atom. The number of urea groups is 1. The monoisotopic (exact) mass is 602 g/mol. The number of nitrogens with zero attached hydrogens (tertiary/aromatic N) is 2. The lowest BCUT2D eigenvalue weighted by Crippen LogP contribution is -2.60. The molecule has 2 heterocycles. The van der Waals surface area contributed by atoms with Crippen molar-refractivity contribution in [1.29, 1.82) is 0 Å². The van der Waals surface area contributed by atoms with Gasteiger partial charge in [-0.3, -0.25) is 10.1 Å². The van der Waals surface area contributed by atoms with Gasteiger partial charge < -0.3 is 15.5 Å². The van der Waals surface area contributed by atoms with E-state index >= 15 is 0 Å². The molecule has 3 unspecified atom stereocenters. The highest BCUT2D eigenvalue weighted by molar-refractivity contribution is 5.84. The average molecular weight is 603 g/mol. The lowest BCUT2D eigenvalue weighted by molar-refractivity contribution is -0.143. The maximum absolute atomic E-state index is 14.0. The fourth-order valence-electron chi connectivity index (χ4n) is 6.13. The van der Waals surface area contributed by atoms with Crippen LogP contribution in [-0.4, -0.2) is 46.4 Å². The Hall–Kier alpha value is -3.35. The van der Waals surface area contributed by atoms with Gasteiger partial charge in [-0.2, -0.15) is 26.3 Å². The number of rotatable bonds is 4. The third-order valence-electron chi connectivity index (χ3n) is 8.79. The van der Waals surface area contributed by atoms with Crippen molar-refractivity contribution in [3.63, 3.8) is 0 Å². The van der Waals surface area contributed by atoms with Crippen LogP contribution in [0.4, 0.5) is 35.5 Å². The van der Waals surface area contributed by atoms with E-state index in [1.807, 2.05) is 0 Å². The summed E-state index contributed by atoms with van der Waals surface area (Å²) >= 11 is 0. The average Bonchev–Trinajstić information content (AvgIpc) is 3.23. The van der Waals surface area contributed by atoms with Crippen molar-refractivity contribution in [2.45, 2.75) is 82.0 Å². The Labute approximate surface area is 239 Å². The largest absolute Gasteiger partial charge is 0.416 e. The highest BCUT2D eigenvalue weighted by Crippen LogP contribution is 2.46. The van der Waals surface area contributed by atoms with Crippen LogP contribution in [0.2, 0.25) is 0 Å². The summed E-state index contributed by atoms with van der Waals surface area (Å²) in [6.07, 6.45) is -8.25. The molecule has 0 aliphatic carbocycles. The minimum atomic E-state index is -5.03. The summed E-state index contributed by atoms with van der Waals surface area (Å²) in [5, 5.41) is 3.38. The first-order chi connectivity index (χ1) is 19.3. The molecule has 0 bridgehead atoms. The first kappa shape index (κ1) is 31.6. The van der Waals surface area contributed by atoms with Crippen molar-refractivity contribution in [2.24, 2.45) is 5.73 Å². The summed E-state index contributed by atoms with van der Waals surface area (Å²) in [6, 6.07) is 3.01. The van der Waals surface area contributed by atoms with Gasteiger partial charge in [-0.05, 0) is 93.5 Å². The molecule has 2 aromatic carbocycles. The van der Waals surface area contributed by atoms with E-state index in [1.165, 1.54) is 31.0 Å². The molecule has 6 nitrogen and oxygen atoms in total. The molecule has 2 aliphatic rings. The van der Waals surface area contributed by atoms with E-state index in [0.717, 1.165) is 4.90 Å². The van der Waals surface area contributed by atoms with Crippen LogP contribution in [0.15, 0.2) is 36.4 Å². The van der Waals surface area contributed by atoms with Gasteiger partial charge in [0, 0.05) is 19.1 Å². The molecular formula is C29H33F7N4O2. The van der Waals surface area contributed by atoms with Crippen LogP contribution in [0, 0.1) is 12.7 Å². The molecule has 4 rings (SSSR count). The molecule has 230 valence electrons. The maximum atomic E-state index is 14.0. The lowest BCUT2D eigenvalue weighted by atomic mass is 9.79. The summed E-state index contributed by atoms with van der Waals surface area (Å²) in [4.78, 5) is 28.7. The summed E-state index contributed by atoms with van der Waals surface area (Å²) in [5.74, 6) is -0.990. The van der Waals surface area contributed by atoms with Crippen LogP contribution < -0.4 is 11.1 Å². The Kier molecular flexibility index (Phi) is 8.07. The van der Waals surface area contributed by atoms with Crippen LogP contribution in [0.1, 0.15) is 79.4 Å². The van der Waals surface area contributed by atoms with Gasteiger partial charge in [0.05, 0.1) is 28.7 Å². The molecule has 3 amide bonds. The first-order valence-electron chi connectivity index (χ1n) is 13.4. The van der Waals surface area contributed by atoms with Gasteiger partial charge in [-0.15, -0.1) is 0 Å².